The normalized spacial score (nSPS) is 18.7. The number of ether oxygens (including phenoxy) is 1. The number of halogens is 2. The average Bonchev–Trinajstić information content (AvgIpc) is 3.56. The van der Waals surface area contributed by atoms with Crippen molar-refractivity contribution < 1.29 is 9.26 Å². The smallest absolute Gasteiger partial charge is 0.227 e. The summed E-state index contributed by atoms with van der Waals surface area (Å²) in [4.78, 5) is 5.13. The molecule has 7 rings (SSSR count). The SMILES string of the molecule is Cc1cc(-c2nn(-c3ccccc3)c3c2P(=S)(N2CCOCC2)OC(c2ccc(Cl)cc2)=N3)c(C)n1-c1ccc(Br)cc1. The molecule has 43 heavy (non-hydrogen) atoms. The molecular formula is C32H28BrClN5O2PS. The Balaban J connectivity index is 1.51. The molecule has 0 spiro atoms. The monoisotopic (exact) mass is 691 g/mol. The second kappa shape index (κ2) is 11.5. The van der Waals surface area contributed by atoms with Crippen LogP contribution in [-0.4, -0.2) is 51.2 Å². The topological polar surface area (TPSA) is 56.8 Å². The summed E-state index contributed by atoms with van der Waals surface area (Å²) < 4.78 is 20.1. The van der Waals surface area contributed by atoms with Gasteiger partial charge < -0.3 is 13.8 Å². The Morgan fingerprint density at radius 3 is 2.30 bits per heavy atom. The van der Waals surface area contributed by atoms with Crippen molar-refractivity contribution in [1.29, 1.82) is 0 Å². The van der Waals surface area contributed by atoms with Gasteiger partial charge in [-0.2, -0.15) is 10.1 Å². The van der Waals surface area contributed by atoms with Crippen LogP contribution in [0.15, 0.2) is 94.4 Å². The third kappa shape index (κ3) is 5.12. The quantitative estimate of drug-likeness (QED) is 0.177. The van der Waals surface area contributed by atoms with Gasteiger partial charge in [0.15, 0.2) is 5.82 Å². The Morgan fingerprint density at radius 2 is 1.60 bits per heavy atom. The number of morpholine rings is 1. The van der Waals surface area contributed by atoms with Gasteiger partial charge in [0.05, 0.1) is 18.9 Å². The van der Waals surface area contributed by atoms with Crippen molar-refractivity contribution in [2.75, 3.05) is 26.3 Å². The first-order chi connectivity index (χ1) is 20.8. The van der Waals surface area contributed by atoms with E-state index in [0.29, 0.717) is 43.0 Å². The fourth-order valence-corrected chi connectivity index (χ4v) is 9.67. The highest BCUT2D eigenvalue weighted by atomic mass is 79.9. The lowest BCUT2D eigenvalue weighted by Gasteiger charge is -2.38. The van der Waals surface area contributed by atoms with Crippen molar-refractivity contribution in [3.8, 4) is 22.6 Å². The van der Waals surface area contributed by atoms with E-state index in [-0.39, 0.29) is 0 Å². The molecule has 1 atom stereocenters. The summed E-state index contributed by atoms with van der Waals surface area (Å²) in [6, 6.07) is 28.1. The summed E-state index contributed by atoms with van der Waals surface area (Å²) in [5.74, 6) is 1.17. The van der Waals surface area contributed by atoms with Crippen molar-refractivity contribution in [3.05, 3.63) is 111 Å². The first-order valence-electron chi connectivity index (χ1n) is 14.0. The first kappa shape index (κ1) is 28.7. The van der Waals surface area contributed by atoms with E-state index in [0.717, 1.165) is 49.4 Å². The zero-order chi connectivity index (χ0) is 29.7. The van der Waals surface area contributed by atoms with Gasteiger partial charge in [-0.05, 0) is 92.4 Å². The second-order valence-electron chi connectivity index (χ2n) is 10.5. The molecular weight excluding hydrogens is 665 g/mol. The summed E-state index contributed by atoms with van der Waals surface area (Å²) in [6.45, 7) is 6.75. The fraction of sp³-hybridized carbons (Fsp3) is 0.188. The van der Waals surface area contributed by atoms with Gasteiger partial charge in [-0.1, -0.05) is 45.7 Å². The van der Waals surface area contributed by atoms with Gasteiger partial charge in [-0.3, -0.25) is 0 Å². The number of aryl methyl sites for hydroxylation is 1. The minimum atomic E-state index is -2.90. The van der Waals surface area contributed by atoms with E-state index < -0.39 is 6.42 Å². The summed E-state index contributed by atoms with van der Waals surface area (Å²) in [7, 11) is 0. The van der Waals surface area contributed by atoms with E-state index in [2.05, 4.69) is 69.3 Å². The van der Waals surface area contributed by atoms with Crippen molar-refractivity contribution in [3.63, 3.8) is 0 Å². The van der Waals surface area contributed by atoms with Gasteiger partial charge in [-0.15, -0.1) is 0 Å². The molecule has 0 amide bonds. The Kier molecular flexibility index (Phi) is 7.66. The van der Waals surface area contributed by atoms with Crippen LogP contribution in [0.2, 0.25) is 5.02 Å². The van der Waals surface area contributed by atoms with Crippen LogP contribution in [0.25, 0.3) is 22.6 Å². The summed E-state index contributed by atoms with van der Waals surface area (Å²) in [6.07, 6.45) is -2.90. The van der Waals surface area contributed by atoms with Gasteiger partial charge in [0.1, 0.15) is 11.0 Å². The van der Waals surface area contributed by atoms with Crippen LogP contribution in [0.5, 0.6) is 0 Å². The first-order valence-corrected chi connectivity index (χ1v) is 17.8. The zero-order valence-electron chi connectivity index (χ0n) is 23.6. The van der Waals surface area contributed by atoms with Crippen LogP contribution >= 0.6 is 33.9 Å². The molecule has 0 bridgehead atoms. The molecule has 0 aliphatic carbocycles. The predicted octanol–water partition coefficient (Wildman–Crippen LogP) is 7.74. The average molecular weight is 693 g/mol. The third-order valence-corrected chi connectivity index (χ3v) is 12.5. The lowest BCUT2D eigenvalue weighted by atomic mass is 10.2. The van der Waals surface area contributed by atoms with E-state index in [1.807, 2.05) is 59.3 Å². The summed E-state index contributed by atoms with van der Waals surface area (Å²) >= 11 is 16.5. The Morgan fingerprint density at radius 1 is 0.907 bits per heavy atom. The molecule has 2 aliphatic heterocycles. The molecule has 0 radical (unpaired) electrons. The molecule has 1 saturated heterocycles. The van der Waals surface area contributed by atoms with Gasteiger partial charge in [0.2, 0.25) is 12.3 Å². The molecule has 11 heteroatoms. The maximum absolute atomic E-state index is 6.89. The Labute approximate surface area is 269 Å². The number of para-hydroxylation sites is 1. The van der Waals surface area contributed by atoms with E-state index >= 15 is 0 Å². The van der Waals surface area contributed by atoms with Crippen molar-refractivity contribution in [2.24, 2.45) is 4.99 Å². The molecule has 2 aromatic heterocycles. The number of aromatic nitrogens is 3. The lowest BCUT2D eigenvalue weighted by molar-refractivity contribution is 0.0723. The van der Waals surface area contributed by atoms with E-state index in [1.165, 1.54) is 0 Å². The Hall–Kier alpha value is -3.04. The second-order valence-corrected chi connectivity index (χ2v) is 15.5. The molecule has 218 valence electrons. The number of benzene rings is 3. The molecule has 3 aromatic carbocycles. The van der Waals surface area contributed by atoms with Gasteiger partial charge >= 0.3 is 0 Å². The number of rotatable bonds is 5. The van der Waals surface area contributed by atoms with Crippen LogP contribution in [0, 0.1) is 13.8 Å². The zero-order valence-corrected chi connectivity index (χ0v) is 27.6. The van der Waals surface area contributed by atoms with Crippen LogP contribution in [0.3, 0.4) is 0 Å². The molecule has 1 unspecified atom stereocenters. The number of nitrogens with zero attached hydrogens (tertiary/aromatic N) is 5. The molecule has 0 saturated carbocycles. The van der Waals surface area contributed by atoms with Crippen molar-refractivity contribution >= 4 is 62.8 Å². The standard InChI is InChI=1S/C32H28BrClN5O2PS/c1-21-20-28(22(2)38(21)26-14-10-24(33)11-15-26)29-30-31(39(36-29)27-6-4-3-5-7-27)35-32(23-8-12-25(34)13-9-23)41-42(30,43)37-16-18-40-19-17-37/h3-15,20H,16-19H2,1-2H3. The maximum atomic E-state index is 6.89. The molecule has 4 heterocycles. The van der Waals surface area contributed by atoms with E-state index in [1.54, 1.807) is 0 Å². The van der Waals surface area contributed by atoms with Crippen molar-refractivity contribution in [2.45, 2.75) is 13.8 Å². The number of hydrogen-bond acceptors (Lipinski definition) is 5. The minimum absolute atomic E-state index is 0.475. The van der Waals surface area contributed by atoms with Gasteiger partial charge in [0, 0.05) is 50.8 Å². The molecule has 7 nitrogen and oxygen atoms in total. The van der Waals surface area contributed by atoms with E-state index in [9.17, 15) is 0 Å². The highest BCUT2D eigenvalue weighted by molar-refractivity contribution is 9.10. The van der Waals surface area contributed by atoms with E-state index in [4.69, 9.17) is 42.8 Å². The highest BCUT2D eigenvalue weighted by Gasteiger charge is 2.44. The maximum Gasteiger partial charge on any atom is 0.227 e. The van der Waals surface area contributed by atoms with Crippen LogP contribution in [0.4, 0.5) is 5.82 Å². The largest absolute Gasteiger partial charge is 0.431 e. The fourth-order valence-electron chi connectivity index (χ4n) is 5.69. The summed E-state index contributed by atoms with van der Waals surface area (Å²) in [5.41, 5.74) is 6.75. The van der Waals surface area contributed by atoms with Crippen LogP contribution < -0.4 is 5.30 Å². The summed E-state index contributed by atoms with van der Waals surface area (Å²) in [5, 5.41) is 6.79. The van der Waals surface area contributed by atoms with Crippen molar-refractivity contribution in [1.82, 2.24) is 19.0 Å². The molecule has 1 fully saturated rings. The number of aliphatic imine (C=N–C) groups is 1. The third-order valence-electron chi connectivity index (χ3n) is 7.76. The number of fused-ring (bicyclic) bond motifs is 1. The van der Waals surface area contributed by atoms with Crippen LogP contribution in [0.1, 0.15) is 17.0 Å². The molecule has 5 aromatic rings. The van der Waals surface area contributed by atoms with Gasteiger partial charge in [-0.25, -0.2) is 9.35 Å². The predicted molar refractivity (Wildman–Crippen MR) is 181 cm³/mol. The minimum Gasteiger partial charge on any atom is -0.431 e. The number of hydrogen-bond donors (Lipinski definition) is 0. The highest BCUT2D eigenvalue weighted by Crippen LogP contribution is 2.58. The van der Waals surface area contributed by atoms with Gasteiger partial charge in [0.25, 0.3) is 0 Å². The molecule has 2 aliphatic rings. The lowest BCUT2D eigenvalue weighted by Crippen LogP contribution is -2.39. The van der Waals surface area contributed by atoms with Crippen LogP contribution in [-0.2, 0) is 21.1 Å². The Bertz CT molecular complexity index is 1900. The molecule has 0 N–H and O–H groups in total.